The number of carbonyl (C=O) groups is 1. The molecule has 0 aliphatic rings. The summed E-state index contributed by atoms with van der Waals surface area (Å²) in [7, 11) is 0. The maximum atomic E-state index is 12.9. The Morgan fingerprint density at radius 3 is 2.00 bits per heavy atom. The fourth-order valence-corrected chi connectivity index (χ4v) is 3.06. The van der Waals surface area contributed by atoms with Crippen LogP contribution in [0, 0.1) is 0 Å². The second-order valence-electron chi connectivity index (χ2n) is 6.00. The van der Waals surface area contributed by atoms with Crippen molar-refractivity contribution in [3.8, 4) is 11.5 Å². The molecule has 28 heavy (non-hydrogen) atoms. The molecular weight excluding hydrogens is 424 g/mol. The normalized spacial score (nSPS) is 11.5. The second kappa shape index (κ2) is 8.24. The van der Waals surface area contributed by atoms with Crippen molar-refractivity contribution in [3.63, 3.8) is 0 Å². The molecule has 6 nitrogen and oxygen atoms in total. The van der Waals surface area contributed by atoms with Crippen LogP contribution in [0.15, 0.2) is 82.4 Å². The number of hydrogen-bond donors (Lipinski definition) is 4. The number of benzene rings is 3. The lowest BCUT2D eigenvalue weighted by atomic mass is 9.85. The minimum absolute atomic E-state index is 0.124. The van der Waals surface area contributed by atoms with Gasteiger partial charge in [-0.3, -0.25) is 4.79 Å². The van der Waals surface area contributed by atoms with E-state index in [1.165, 1.54) is 12.3 Å². The lowest BCUT2D eigenvalue weighted by Crippen LogP contribution is -2.43. The van der Waals surface area contributed by atoms with Crippen molar-refractivity contribution in [1.29, 1.82) is 0 Å². The maximum Gasteiger partial charge on any atom is 0.281 e. The molecule has 1 amide bonds. The molecule has 3 rings (SSSR count). The third-order valence-electron chi connectivity index (χ3n) is 4.18. The van der Waals surface area contributed by atoms with E-state index in [1.54, 1.807) is 60.7 Å². The van der Waals surface area contributed by atoms with Gasteiger partial charge in [0.25, 0.3) is 5.91 Å². The van der Waals surface area contributed by atoms with E-state index in [0.29, 0.717) is 15.6 Å². The van der Waals surface area contributed by atoms with E-state index in [1.807, 2.05) is 0 Å². The van der Waals surface area contributed by atoms with Gasteiger partial charge in [0.2, 0.25) is 0 Å². The predicted molar refractivity (Wildman–Crippen MR) is 109 cm³/mol. The molecule has 0 aliphatic carbocycles. The number of phenols is 2. The summed E-state index contributed by atoms with van der Waals surface area (Å²) in [5, 5.41) is 34.5. The number of rotatable bonds is 5. The standard InChI is InChI=1S/C21H17BrN2O4/c22-17-11-14(18(25)12-19(17)26)13-23-24-20(27)21(28,15-7-3-1-4-8-15)16-9-5-2-6-10-16/h1-13,25-26,28H,(H,24,27)/b23-13-. The molecule has 4 N–H and O–H groups in total. The van der Waals surface area contributed by atoms with Crippen molar-refractivity contribution in [2.24, 2.45) is 5.10 Å². The molecule has 7 heteroatoms. The molecule has 0 atom stereocenters. The van der Waals surface area contributed by atoms with Gasteiger partial charge in [0, 0.05) is 11.6 Å². The Hall–Kier alpha value is -3.16. The summed E-state index contributed by atoms with van der Waals surface area (Å²) in [5.74, 6) is -1.08. The van der Waals surface area contributed by atoms with Crippen LogP contribution >= 0.6 is 15.9 Å². The van der Waals surface area contributed by atoms with Gasteiger partial charge >= 0.3 is 0 Å². The zero-order chi connectivity index (χ0) is 20.1. The van der Waals surface area contributed by atoms with E-state index < -0.39 is 11.5 Å². The predicted octanol–water partition coefficient (Wildman–Crippen LogP) is 3.25. The van der Waals surface area contributed by atoms with Gasteiger partial charge < -0.3 is 15.3 Å². The monoisotopic (exact) mass is 440 g/mol. The zero-order valence-electron chi connectivity index (χ0n) is 14.6. The summed E-state index contributed by atoms with van der Waals surface area (Å²) in [6.45, 7) is 0. The number of hydrazone groups is 1. The Morgan fingerprint density at radius 2 is 1.46 bits per heavy atom. The van der Waals surface area contributed by atoms with Crippen LogP contribution in [0.4, 0.5) is 0 Å². The molecule has 0 bridgehead atoms. The molecule has 142 valence electrons. The molecule has 0 heterocycles. The van der Waals surface area contributed by atoms with Gasteiger partial charge in [0.1, 0.15) is 11.5 Å². The number of hydrogen-bond acceptors (Lipinski definition) is 5. The van der Waals surface area contributed by atoms with Crippen molar-refractivity contribution >= 4 is 28.1 Å². The van der Waals surface area contributed by atoms with Gasteiger partial charge in [-0.15, -0.1) is 0 Å². The fraction of sp³-hybridized carbons (Fsp3) is 0.0476. The van der Waals surface area contributed by atoms with Crippen molar-refractivity contribution in [2.45, 2.75) is 5.60 Å². The number of aliphatic hydroxyl groups is 1. The van der Waals surface area contributed by atoms with Crippen LogP contribution in [-0.2, 0) is 10.4 Å². The van der Waals surface area contributed by atoms with Crippen LogP contribution in [0.3, 0.4) is 0 Å². The number of nitrogens with zero attached hydrogens (tertiary/aromatic N) is 1. The molecule has 0 saturated carbocycles. The highest BCUT2D eigenvalue weighted by Gasteiger charge is 2.39. The maximum absolute atomic E-state index is 12.9. The number of phenolic OH excluding ortho intramolecular Hbond substituents is 2. The van der Waals surface area contributed by atoms with Gasteiger partial charge in [-0.05, 0) is 33.1 Å². The van der Waals surface area contributed by atoms with Gasteiger partial charge in [-0.2, -0.15) is 5.10 Å². The first kappa shape index (κ1) is 19.6. The second-order valence-corrected chi connectivity index (χ2v) is 6.86. The minimum atomic E-state index is -1.95. The molecule has 3 aromatic carbocycles. The highest BCUT2D eigenvalue weighted by atomic mass is 79.9. The largest absolute Gasteiger partial charge is 0.507 e. The van der Waals surface area contributed by atoms with Gasteiger partial charge in [-0.25, -0.2) is 5.43 Å². The summed E-state index contributed by atoms with van der Waals surface area (Å²) in [5.41, 5.74) is 1.43. The van der Waals surface area contributed by atoms with Crippen molar-refractivity contribution in [2.75, 3.05) is 0 Å². The first-order valence-corrected chi connectivity index (χ1v) is 9.10. The van der Waals surface area contributed by atoms with Crippen LogP contribution in [0.25, 0.3) is 0 Å². The molecular formula is C21H17BrN2O4. The van der Waals surface area contributed by atoms with Gasteiger partial charge in [-0.1, -0.05) is 60.7 Å². The number of amides is 1. The van der Waals surface area contributed by atoms with Crippen LogP contribution in [0.5, 0.6) is 11.5 Å². The van der Waals surface area contributed by atoms with E-state index in [9.17, 15) is 20.1 Å². The Bertz CT molecular complexity index is 968. The SMILES string of the molecule is O=C(N/N=C\c1cc(Br)c(O)cc1O)C(O)(c1ccccc1)c1ccccc1. The average molecular weight is 441 g/mol. The van der Waals surface area contributed by atoms with Crippen LogP contribution < -0.4 is 5.43 Å². The minimum Gasteiger partial charge on any atom is -0.507 e. The lowest BCUT2D eigenvalue weighted by Gasteiger charge is -2.27. The van der Waals surface area contributed by atoms with E-state index in [0.717, 1.165) is 6.07 Å². The topological polar surface area (TPSA) is 102 Å². The zero-order valence-corrected chi connectivity index (χ0v) is 16.2. The van der Waals surface area contributed by atoms with Crippen LogP contribution in [0.1, 0.15) is 16.7 Å². The van der Waals surface area contributed by atoms with Crippen molar-refractivity contribution < 1.29 is 20.1 Å². The third kappa shape index (κ3) is 3.90. The van der Waals surface area contributed by atoms with E-state index in [2.05, 4.69) is 26.5 Å². The number of aromatic hydroxyl groups is 2. The summed E-state index contributed by atoms with van der Waals surface area (Å²) >= 11 is 3.14. The Balaban J connectivity index is 1.90. The average Bonchev–Trinajstić information content (AvgIpc) is 2.72. The summed E-state index contributed by atoms with van der Waals surface area (Å²) in [4.78, 5) is 12.9. The molecule has 3 aromatic rings. The number of nitrogens with one attached hydrogen (secondary N) is 1. The summed E-state index contributed by atoms with van der Waals surface area (Å²) < 4.78 is 0.364. The number of halogens is 1. The Morgan fingerprint density at radius 1 is 0.929 bits per heavy atom. The quantitative estimate of drug-likeness (QED) is 0.361. The summed E-state index contributed by atoms with van der Waals surface area (Å²) in [6.07, 6.45) is 1.22. The summed E-state index contributed by atoms with van der Waals surface area (Å²) in [6, 6.07) is 19.7. The molecule has 0 radical (unpaired) electrons. The van der Waals surface area contributed by atoms with E-state index >= 15 is 0 Å². The van der Waals surface area contributed by atoms with Gasteiger partial charge in [0.15, 0.2) is 5.60 Å². The van der Waals surface area contributed by atoms with Crippen LogP contribution in [0.2, 0.25) is 0 Å². The first-order chi connectivity index (χ1) is 13.4. The van der Waals surface area contributed by atoms with Crippen molar-refractivity contribution in [3.05, 3.63) is 94.0 Å². The van der Waals surface area contributed by atoms with Crippen molar-refractivity contribution in [1.82, 2.24) is 5.43 Å². The number of carbonyl (C=O) groups excluding carboxylic acids is 1. The molecule has 0 unspecified atom stereocenters. The Kier molecular flexibility index (Phi) is 5.77. The molecule has 0 saturated heterocycles. The molecule has 0 aliphatic heterocycles. The van der Waals surface area contributed by atoms with Gasteiger partial charge in [0.05, 0.1) is 10.7 Å². The first-order valence-electron chi connectivity index (χ1n) is 8.31. The smallest absolute Gasteiger partial charge is 0.281 e. The fourth-order valence-electron chi connectivity index (χ4n) is 2.70. The molecule has 0 spiro atoms. The highest BCUT2D eigenvalue weighted by Crippen LogP contribution is 2.31. The van der Waals surface area contributed by atoms with Crippen LogP contribution in [-0.4, -0.2) is 27.4 Å². The highest BCUT2D eigenvalue weighted by molar-refractivity contribution is 9.10. The third-order valence-corrected chi connectivity index (χ3v) is 4.81. The Labute approximate surface area is 169 Å². The van der Waals surface area contributed by atoms with E-state index in [4.69, 9.17) is 0 Å². The lowest BCUT2D eigenvalue weighted by molar-refractivity contribution is -0.136. The van der Waals surface area contributed by atoms with E-state index in [-0.39, 0.29) is 17.1 Å². The molecule has 0 aromatic heterocycles. The molecule has 0 fully saturated rings.